The van der Waals surface area contributed by atoms with Crippen LogP contribution in [0.15, 0.2) is 24.3 Å². The van der Waals surface area contributed by atoms with Gasteiger partial charge in [-0.05, 0) is 49.9 Å². The van der Waals surface area contributed by atoms with Crippen molar-refractivity contribution in [2.75, 3.05) is 18.5 Å². The molecule has 1 rings (SSSR count). The van der Waals surface area contributed by atoms with E-state index >= 15 is 0 Å². The highest BCUT2D eigenvalue weighted by Crippen LogP contribution is 2.24. The number of hydrogen-bond donors (Lipinski definition) is 2. The van der Waals surface area contributed by atoms with Gasteiger partial charge in [-0.25, -0.2) is 0 Å². The summed E-state index contributed by atoms with van der Waals surface area (Å²) in [5.74, 6) is 0.140. The maximum Gasteiger partial charge on any atom is 0.256 e. The van der Waals surface area contributed by atoms with Crippen LogP contribution >= 0.6 is 0 Å². The molecule has 6 heteroatoms. The van der Waals surface area contributed by atoms with Gasteiger partial charge in [0.1, 0.15) is 11.4 Å². The Kier molecular flexibility index (Phi) is 7.71. The Balaban J connectivity index is 2.73. The first-order valence-corrected chi connectivity index (χ1v) is 8.23. The summed E-state index contributed by atoms with van der Waals surface area (Å²) in [6.45, 7) is 8.32. The monoisotopic (exact) mass is 336 g/mol. The molecule has 1 atom stereocenters. The third-order valence-corrected chi connectivity index (χ3v) is 3.40. The van der Waals surface area contributed by atoms with Gasteiger partial charge in [0, 0.05) is 12.3 Å². The van der Waals surface area contributed by atoms with Gasteiger partial charge in [-0.1, -0.05) is 20.8 Å². The van der Waals surface area contributed by atoms with Crippen LogP contribution in [-0.2, 0) is 14.3 Å². The van der Waals surface area contributed by atoms with E-state index in [0.29, 0.717) is 30.4 Å². The van der Waals surface area contributed by atoms with Crippen molar-refractivity contribution in [3.8, 4) is 5.75 Å². The molecule has 1 aromatic rings. The molecule has 0 aromatic heterocycles. The van der Waals surface area contributed by atoms with Crippen LogP contribution in [0.5, 0.6) is 5.75 Å². The van der Waals surface area contributed by atoms with Crippen LogP contribution in [0.25, 0.3) is 0 Å². The Hall–Kier alpha value is -2.08. The fourth-order valence-corrected chi connectivity index (χ4v) is 2.38. The molecule has 0 fully saturated rings. The maximum atomic E-state index is 12.6. The fraction of sp³-hybridized carbons (Fsp3) is 0.556. The predicted octanol–water partition coefficient (Wildman–Crippen LogP) is 2.72. The lowest BCUT2D eigenvalue weighted by atomic mass is 9.93. The van der Waals surface area contributed by atoms with Crippen molar-refractivity contribution >= 4 is 17.5 Å². The Bertz CT molecular complexity index is 542. The first kappa shape index (κ1) is 20.0. The minimum atomic E-state index is -0.870. The maximum absolute atomic E-state index is 12.6. The van der Waals surface area contributed by atoms with Gasteiger partial charge in [0.15, 0.2) is 6.61 Å². The number of rotatable bonds is 10. The molecule has 1 aromatic carbocycles. The first-order valence-electron chi connectivity index (χ1n) is 8.23. The van der Waals surface area contributed by atoms with Crippen LogP contribution in [0.3, 0.4) is 0 Å². The Morgan fingerprint density at radius 1 is 1.25 bits per heavy atom. The van der Waals surface area contributed by atoms with Crippen molar-refractivity contribution in [3.63, 3.8) is 0 Å². The van der Waals surface area contributed by atoms with Gasteiger partial charge >= 0.3 is 0 Å². The molecule has 3 N–H and O–H groups in total. The average Bonchev–Trinajstić information content (AvgIpc) is 2.51. The molecule has 2 amide bonds. The zero-order valence-electron chi connectivity index (χ0n) is 14.9. The molecule has 0 aliphatic heterocycles. The summed E-state index contributed by atoms with van der Waals surface area (Å²) in [6.07, 6.45) is 1.49. The molecule has 0 spiro atoms. The highest BCUT2D eigenvalue weighted by atomic mass is 16.5. The Labute approximate surface area is 143 Å². The number of primary amides is 1. The smallest absolute Gasteiger partial charge is 0.256 e. The van der Waals surface area contributed by atoms with E-state index in [2.05, 4.69) is 19.2 Å². The second-order valence-corrected chi connectivity index (χ2v) is 6.41. The third-order valence-electron chi connectivity index (χ3n) is 3.40. The van der Waals surface area contributed by atoms with Crippen LogP contribution in [0, 0.1) is 5.92 Å². The summed E-state index contributed by atoms with van der Waals surface area (Å²) in [5, 5.41) is 2.88. The molecule has 0 saturated heterocycles. The van der Waals surface area contributed by atoms with Crippen molar-refractivity contribution in [1.29, 1.82) is 0 Å². The number of amides is 2. The van der Waals surface area contributed by atoms with E-state index in [-0.39, 0.29) is 12.5 Å². The van der Waals surface area contributed by atoms with Gasteiger partial charge in [-0.15, -0.1) is 0 Å². The number of nitrogens with one attached hydrogen (secondary N) is 1. The normalized spacial score (nSPS) is 13.4. The molecule has 0 bridgehead atoms. The summed E-state index contributed by atoms with van der Waals surface area (Å²) >= 11 is 0. The zero-order valence-corrected chi connectivity index (χ0v) is 14.9. The van der Waals surface area contributed by atoms with E-state index in [1.54, 1.807) is 24.3 Å². The van der Waals surface area contributed by atoms with Crippen LogP contribution in [0.2, 0.25) is 0 Å². The molecule has 0 aliphatic carbocycles. The van der Waals surface area contributed by atoms with E-state index in [0.717, 1.165) is 6.42 Å². The summed E-state index contributed by atoms with van der Waals surface area (Å²) in [6, 6.07) is 6.77. The van der Waals surface area contributed by atoms with Gasteiger partial charge in [-0.3, -0.25) is 9.59 Å². The van der Waals surface area contributed by atoms with Crippen molar-refractivity contribution in [3.05, 3.63) is 24.3 Å². The largest absolute Gasteiger partial charge is 0.484 e. The number of hydrogen-bond acceptors (Lipinski definition) is 4. The standard InChI is InChI=1S/C18H28N2O4/c1-5-10-24-18(4,11-13(2)3)17(22)20-14-6-8-15(9-7-14)23-12-16(19)21/h6-9,13H,5,10-12H2,1-4H3,(H2,19,21)(H,20,22). The van der Waals surface area contributed by atoms with Gasteiger partial charge in [-0.2, -0.15) is 0 Å². The lowest BCUT2D eigenvalue weighted by molar-refractivity contribution is -0.141. The van der Waals surface area contributed by atoms with Gasteiger partial charge in [0.2, 0.25) is 0 Å². The summed E-state index contributed by atoms with van der Waals surface area (Å²) in [5.41, 5.74) is 4.80. The van der Waals surface area contributed by atoms with Gasteiger partial charge in [0.25, 0.3) is 11.8 Å². The van der Waals surface area contributed by atoms with E-state index in [1.165, 1.54) is 0 Å². The van der Waals surface area contributed by atoms with Gasteiger partial charge in [0.05, 0.1) is 0 Å². The van der Waals surface area contributed by atoms with E-state index < -0.39 is 11.5 Å². The first-order chi connectivity index (χ1) is 11.3. The van der Waals surface area contributed by atoms with Crippen LogP contribution in [0.1, 0.15) is 40.5 Å². The molecule has 6 nitrogen and oxygen atoms in total. The quantitative estimate of drug-likeness (QED) is 0.687. The lowest BCUT2D eigenvalue weighted by Crippen LogP contribution is -2.44. The predicted molar refractivity (Wildman–Crippen MR) is 93.9 cm³/mol. The molecule has 134 valence electrons. The highest BCUT2D eigenvalue weighted by Gasteiger charge is 2.34. The molecular formula is C18H28N2O4. The third kappa shape index (κ3) is 6.58. The number of benzene rings is 1. The van der Waals surface area contributed by atoms with Crippen molar-refractivity contribution in [2.24, 2.45) is 11.7 Å². The summed E-state index contributed by atoms with van der Waals surface area (Å²) < 4.78 is 11.0. The molecular weight excluding hydrogens is 308 g/mol. The topological polar surface area (TPSA) is 90.7 Å². The zero-order chi connectivity index (χ0) is 18.2. The Morgan fingerprint density at radius 2 is 1.88 bits per heavy atom. The molecule has 0 saturated carbocycles. The molecule has 24 heavy (non-hydrogen) atoms. The minimum Gasteiger partial charge on any atom is -0.484 e. The molecule has 0 radical (unpaired) electrons. The fourth-order valence-electron chi connectivity index (χ4n) is 2.38. The second-order valence-electron chi connectivity index (χ2n) is 6.41. The minimum absolute atomic E-state index is 0.171. The summed E-state index contributed by atoms with van der Waals surface area (Å²) in [4.78, 5) is 23.3. The number of carbonyl (C=O) groups excluding carboxylic acids is 2. The lowest BCUT2D eigenvalue weighted by Gasteiger charge is -2.30. The number of anilines is 1. The number of ether oxygens (including phenoxy) is 2. The van der Waals surface area contributed by atoms with Crippen LogP contribution in [0.4, 0.5) is 5.69 Å². The molecule has 0 heterocycles. The second kappa shape index (κ2) is 9.27. The average molecular weight is 336 g/mol. The van der Waals surface area contributed by atoms with E-state index in [4.69, 9.17) is 15.2 Å². The van der Waals surface area contributed by atoms with Crippen LogP contribution in [-0.4, -0.2) is 30.6 Å². The molecule has 1 unspecified atom stereocenters. The summed E-state index contributed by atoms with van der Waals surface area (Å²) in [7, 11) is 0. The Morgan fingerprint density at radius 3 is 2.38 bits per heavy atom. The van der Waals surface area contributed by atoms with Gasteiger partial charge < -0.3 is 20.5 Å². The molecule has 0 aliphatic rings. The van der Waals surface area contributed by atoms with Crippen molar-refractivity contribution in [2.45, 2.75) is 46.1 Å². The highest BCUT2D eigenvalue weighted by molar-refractivity contribution is 5.97. The van der Waals surface area contributed by atoms with Crippen molar-refractivity contribution in [1.82, 2.24) is 0 Å². The van der Waals surface area contributed by atoms with Crippen LogP contribution < -0.4 is 15.8 Å². The number of nitrogens with two attached hydrogens (primary N) is 1. The van der Waals surface area contributed by atoms with Crippen molar-refractivity contribution < 1.29 is 19.1 Å². The van der Waals surface area contributed by atoms with E-state index in [1.807, 2.05) is 13.8 Å². The SMILES string of the molecule is CCCOC(C)(CC(C)C)C(=O)Nc1ccc(OCC(N)=O)cc1. The van der Waals surface area contributed by atoms with E-state index in [9.17, 15) is 9.59 Å². The number of carbonyl (C=O) groups is 2.